The van der Waals surface area contributed by atoms with Crippen molar-refractivity contribution < 1.29 is 4.74 Å². The molecule has 3 nitrogen and oxygen atoms in total. The predicted octanol–water partition coefficient (Wildman–Crippen LogP) is 4.63. The van der Waals surface area contributed by atoms with E-state index < -0.39 is 0 Å². The van der Waals surface area contributed by atoms with Crippen molar-refractivity contribution >= 4 is 45.3 Å². The molecule has 2 N–H and O–H groups in total. The monoisotopic (exact) mass is 372 g/mol. The first-order chi connectivity index (χ1) is 9.60. The number of hydrogen-bond donors (Lipinski definition) is 1. The summed E-state index contributed by atoms with van der Waals surface area (Å²) in [6.45, 7) is 0.379. The van der Waals surface area contributed by atoms with Crippen molar-refractivity contribution in [2.45, 2.75) is 6.61 Å². The minimum Gasteiger partial charge on any atom is -0.488 e. The molecule has 2 aromatic rings. The van der Waals surface area contributed by atoms with Crippen molar-refractivity contribution in [1.29, 1.82) is 0 Å². The molecule has 0 saturated carbocycles. The maximum absolute atomic E-state index is 5.97. The van der Waals surface area contributed by atoms with Crippen LogP contribution in [0.25, 0.3) is 0 Å². The van der Waals surface area contributed by atoms with E-state index in [1.54, 1.807) is 12.1 Å². The Balaban J connectivity index is 2.16. The van der Waals surface area contributed by atoms with Gasteiger partial charge in [-0.05, 0) is 35.9 Å². The molecule has 0 amide bonds. The van der Waals surface area contributed by atoms with E-state index in [0.717, 1.165) is 15.6 Å². The second-order valence-corrected chi connectivity index (χ2v) is 5.73. The van der Waals surface area contributed by atoms with Crippen molar-refractivity contribution in [3.63, 3.8) is 0 Å². The molecule has 0 aliphatic carbocycles. The Kier molecular flexibility index (Phi) is 5.29. The smallest absolute Gasteiger partial charge is 0.128 e. The highest BCUT2D eigenvalue weighted by Crippen LogP contribution is 2.25. The highest BCUT2D eigenvalue weighted by molar-refractivity contribution is 9.10. The molecule has 0 aliphatic heterocycles. The zero-order chi connectivity index (χ0) is 14.5. The number of halogens is 3. The SMILES string of the molecule is NN=Cc1cc(Br)ccc1OCc1ccc(Cl)c(Cl)c1. The van der Waals surface area contributed by atoms with Gasteiger partial charge in [0.15, 0.2) is 0 Å². The molecule has 20 heavy (non-hydrogen) atoms. The fourth-order valence-electron chi connectivity index (χ4n) is 1.62. The highest BCUT2D eigenvalue weighted by atomic mass is 79.9. The molecule has 0 aromatic heterocycles. The van der Waals surface area contributed by atoms with Gasteiger partial charge in [0.05, 0.1) is 16.3 Å². The van der Waals surface area contributed by atoms with Gasteiger partial charge in [-0.25, -0.2) is 0 Å². The first-order valence-corrected chi connectivity index (χ1v) is 7.24. The van der Waals surface area contributed by atoms with Crippen LogP contribution in [0.3, 0.4) is 0 Å². The normalized spacial score (nSPS) is 10.9. The predicted molar refractivity (Wildman–Crippen MR) is 86.7 cm³/mol. The topological polar surface area (TPSA) is 47.6 Å². The summed E-state index contributed by atoms with van der Waals surface area (Å²) < 4.78 is 6.68. The zero-order valence-corrected chi connectivity index (χ0v) is 13.4. The van der Waals surface area contributed by atoms with Gasteiger partial charge in [-0.3, -0.25) is 0 Å². The summed E-state index contributed by atoms with van der Waals surface area (Å²) in [7, 11) is 0. The lowest BCUT2D eigenvalue weighted by Crippen LogP contribution is -1.99. The maximum Gasteiger partial charge on any atom is 0.128 e. The van der Waals surface area contributed by atoms with Gasteiger partial charge in [-0.15, -0.1) is 0 Å². The molecule has 0 radical (unpaired) electrons. The molecule has 0 fully saturated rings. The number of ether oxygens (including phenoxy) is 1. The van der Waals surface area contributed by atoms with E-state index in [9.17, 15) is 0 Å². The van der Waals surface area contributed by atoms with Gasteiger partial charge in [-0.2, -0.15) is 5.10 Å². The van der Waals surface area contributed by atoms with Gasteiger partial charge in [0, 0.05) is 10.0 Å². The molecule has 0 aliphatic rings. The molecule has 2 rings (SSSR count). The van der Waals surface area contributed by atoms with Crippen LogP contribution in [0.1, 0.15) is 11.1 Å². The Bertz CT molecular complexity index is 647. The van der Waals surface area contributed by atoms with Crippen molar-refractivity contribution in [2.24, 2.45) is 10.9 Å². The number of hydrogen-bond acceptors (Lipinski definition) is 3. The van der Waals surface area contributed by atoms with E-state index >= 15 is 0 Å². The Morgan fingerprint density at radius 3 is 2.65 bits per heavy atom. The third kappa shape index (κ3) is 3.88. The standard InChI is InChI=1S/C14H11BrCl2N2O/c15-11-2-4-14(10(6-11)7-19-18)20-8-9-1-3-12(16)13(17)5-9/h1-7H,8,18H2. The molecule has 0 unspecified atom stereocenters. The Morgan fingerprint density at radius 1 is 1.15 bits per heavy atom. The zero-order valence-electron chi connectivity index (χ0n) is 10.3. The van der Waals surface area contributed by atoms with Gasteiger partial charge in [0.25, 0.3) is 0 Å². The second-order valence-electron chi connectivity index (χ2n) is 4.00. The van der Waals surface area contributed by atoms with Crippen LogP contribution in [0.2, 0.25) is 10.0 Å². The Morgan fingerprint density at radius 2 is 1.95 bits per heavy atom. The van der Waals surface area contributed by atoms with Crippen LogP contribution in [-0.2, 0) is 6.61 Å². The van der Waals surface area contributed by atoms with E-state index in [-0.39, 0.29) is 0 Å². The van der Waals surface area contributed by atoms with Crippen molar-refractivity contribution in [3.8, 4) is 5.75 Å². The molecule has 0 heterocycles. The van der Waals surface area contributed by atoms with E-state index in [4.69, 9.17) is 33.8 Å². The molecule has 0 spiro atoms. The summed E-state index contributed by atoms with van der Waals surface area (Å²) in [5, 5.41) is 4.55. The molecule has 6 heteroatoms. The molecular weight excluding hydrogens is 363 g/mol. The maximum atomic E-state index is 5.97. The lowest BCUT2D eigenvalue weighted by atomic mass is 10.2. The fraction of sp³-hybridized carbons (Fsp3) is 0.0714. The average molecular weight is 374 g/mol. The molecular formula is C14H11BrCl2N2O. The van der Waals surface area contributed by atoms with Crippen molar-refractivity contribution in [3.05, 3.63) is 62.0 Å². The third-order valence-corrected chi connectivity index (χ3v) is 3.80. The van der Waals surface area contributed by atoms with Crippen molar-refractivity contribution in [1.82, 2.24) is 0 Å². The molecule has 2 aromatic carbocycles. The lowest BCUT2D eigenvalue weighted by molar-refractivity contribution is 0.306. The number of nitrogens with two attached hydrogens (primary N) is 1. The summed E-state index contributed by atoms with van der Waals surface area (Å²) >= 11 is 15.2. The van der Waals surface area contributed by atoms with E-state index in [0.29, 0.717) is 22.4 Å². The summed E-state index contributed by atoms with van der Waals surface area (Å²) in [4.78, 5) is 0. The van der Waals surface area contributed by atoms with Crippen LogP contribution in [0.5, 0.6) is 5.75 Å². The number of rotatable bonds is 4. The summed E-state index contributed by atoms with van der Waals surface area (Å²) in [6, 6.07) is 11.0. The number of hydrazone groups is 1. The van der Waals surface area contributed by atoms with E-state index in [1.807, 2.05) is 24.3 Å². The van der Waals surface area contributed by atoms with Crippen LogP contribution in [-0.4, -0.2) is 6.21 Å². The van der Waals surface area contributed by atoms with Gasteiger partial charge in [0.1, 0.15) is 12.4 Å². The second kappa shape index (κ2) is 6.97. The summed E-state index contributed by atoms with van der Waals surface area (Å²) in [5.41, 5.74) is 1.72. The van der Waals surface area contributed by atoms with Gasteiger partial charge < -0.3 is 10.6 Å². The minimum absolute atomic E-state index is 0.379. The van der Waals surface area contributed by atoms with Crippen LogP contribution in [0, 0.1) is 0 Å². The summed E-state index contributed by atoms with van der Waals surface area (Å²) in [6.07, 6.45) is 1.54. The van der Waals surface area contributed by atoms with Crippen LogP contribution < -0.4 is 10.6 Å². The van der Waals surface area contributed by atoms with Gasteiger partial charge in [-0.1, -0.05) is 45.2 Å². The lowest BCUT2D eigenvalue weighted by Gasteiger charge is -2.10. The highest BCUT2D eigenvalue weighted by Gasteiger charge is 2.05. The Labute approximate surface area is 135 Å². The molecule has 104 valence electrons. The van der Waals surface area contributed by atoms with E-state index in [2.05, 4.69) is 21.0 Å². The quantitative estimate of drug-likeness (QED) is 0.482. The average Bonchev–Trinajstić information content (AvgIpc) is 2.42. The first kappa shape index (κ1) is 15.2. The largest absolute Gasteiger partial charge is 0.488 e. The van der Waals surface area contributed by atoms with Crippen LogP contribution in [0.4, 0.5) is 0 Å². The molecule has 0 bridgehead atoms. The minimum atomic E-state index is 0.379. The van der Waals surface area contributed by atoms with Crippen LogP contribution in [0.15, 0.2) is 46.0 Å². The first-order valence-electron chi connectivity index (χ1n) is 5.69. The number of benzene rings is 2. The summed E-state index contributed by atoms with van der Waals surface area (Å²) in [5.74, 6) is 5.88. The van der Waals surface area contributed by atoms with Gasteiger partial charge in [0.2, 0.25) is 0 Å². The van der Waals surface area contributed by atoms with Gasteiger partial charge >= 0.3 is 0 Å². The Hall–Kier alpha value is -1.23. The van der Waals surface area contributed by atoms with Crippen LogP contribution >= 0.6 is 39.1 Å². The fourth-order valence-corrected chi connectivity index (χ4v) is 2.32. The third-order valence-electron chi connectivity index (χ3n) is 2.56. The number of nitrogens with zero attached hydrogens (tertiary/aromatic N) is 1. The van der Waals surface area contributed by atoms with Crippen molar-refractivity contribution in [2.75, 3.05) is 0 Å². The molecule has 0 saturated heterocycles. The van der Waals surface area contributed by atoms with E-state index in [1.165, 1.54) is 6.21 Å². The molecule has 0 atom stereocenters.